The van der Waals surface area contributed by atoms with Crippen LogP contribution in [-0.2, 0) is 13.5 Å². The highest BCUT2D eigenvalue weighted by Crippen LogP contribution is 2.44. The maximum atomic E-state index is 4.25. The van der Waals surface area contributed by atoms with E-state index in [0.29, 0.717) is 11.5 Å². The number of nitrogens with zero attached hydrogens (tertiary/aromatic N) is 2. The molecule has 0 radical (unpaired) electrons. The third kappa shape index (κ3) is 2.77. The lowest BCUT2D eigenvalue weighted by Gasteiger charge is -2.37. The molecule has 1 aliphatic carbocycles. The summed E-state index contributed by atoms with van der Waals surface area (Å²) in [5, 5.41) is 7.84. The minimum Gasteiger partial charge on any atom is -0.316 e. The van der Waals surface area contributed by atoms with Gasteiger partial charge in [-0.2, -0.15) is 5.10 Å². The zero-order valence-electron chi connectivity index (χ0n) is 12.1. The van der Waals surface area contributed by atoms with E-state index < -0.39 is 0 Å². The van der Waals surface area contributed by atoms with Crippen LogP contribution in [0.5, 0.6) is 0 Å². The molecule has 0 amide bonds. The molecule has 102 valence electrons. The Hall–Kier alpha value is -0.830. The summed E-state index contributed by atoms with van der Waals surface area (Å²) < 4.78 is 1.90. The number of aryl methyl sites for hydroxylation is 2. The van der Waals surface area contributed by atoms with Crippen molar-refractivity contribution in [3.05, 3.63) is 18.0 Å². The molecule has 0 saturated heterocycles. The van der Waals surface area contributed by atoms with Crippen molar-refractivity contribution in [2.75, 3.05) is 7.05 Å². The predicted octanol–water partition coefficient (Wildman–Crippen LogP) is 2.91. The molecule has 1 unspecified atom stereocenters. The second-order valence-corrected chi connectivity index (χ2v) is 5.83. The highest BCUT2D eigenvalue weighted by molar-refractivity contribution is 5.05. The average molecular weight is 249 g/mol. The number of hydrogen-bond donors (Lipinski definition) is 1. The molecule has 0 aromatic carbocycles. The third-order valence-electron chi connectivity index (χ3n) is 4.87. The first-order valence-corrected chi connectivity index (χ1v) is 7.35. The summed E-state index contributed by atoms with van der Waals surface area (Å²) in [4.78, 5) is 0. The molecule has 1 aromatic rings. The van der Waals surface area contributed by atoms with E-state index in [-0.39, 0.29) is 0 Å². The highest BCUT2D eigenvalue weighted by atomic mass is 15.2. The molecule has 1 aromatic heterocycles. The fourth-order valence-electron chi connectivity index (χ4n) is 3.70. The van der Waals surface area contributed by atoms with E-state index in [2.05, 4.69) is 30.6 Å². The van der Waals surface area contributed by atoms with Crippen molar-refractivity contribution in [2.45, 2.75) is 57.9 Å². The minimum absolute atomic E-state index is 0.553. The first-order chi connectivity index (χ1) is 8.70. The quantitative estimate of drug-likeness (QED) is 0.840. The highest BCUT2D eigenvalue weighted by Gasteiger charge is 2.38. The zero-order valence-corrected chi connectivity index (χ0v) is 12.1. The molecule has 3 heteroatoms. The number of nitrogens with one attached hydrogen (secondary N) is 1. The summed E-state index contributed by atoms with van der Waals surface area (Å²) in [7, 11) is 4.12. The van der Waals surface area contributed by atoms with Gasteiger partial charge in [-0.25, -0.2) is 0 Å². The van der Waals surface area contributed by atoms with Gasteiger partial charge in [0.1, 0.15) is 0 Å². The second kappa shape index (κ2) is 5.87. The largest absolute Gasteiger partial charge is 0.316 e. The summed E-state index contributed by atoms with van der Waals surface area (Å²) in [6.07, 6.45) is 13.5. The standard InChI is InChI=1S/C15H27N3/c1-4-15(9-5-6-10-15)14(16-2)8-7-13-11-17-18(3)12-13/h11-12,14,16H,4-10H2,1-3H3. The number of aromatic nitrogens is 2. The third-order valence-corrected chi connectivity index (χ3v) is 4.87. The van der Waals surface area contributed by atoms with E-state index in [1.807, 2.05) is 17.9 Å². The molecule has 2 rings (SSSR count). The Bertz CT molecular complexity index is 364. The van der Waals surface area contributed by atoms with Crippen LogP contribution in [-0.4, -0.2) is 22.9 Å². The summed E-state index contributed by atoms with van der Waals surface area (Å²) in [5.41, 5.74) is 1.92. The van der Waals surface area contributed by atoms with Crippen LogP contribution < -0.4 is 5.32 Å². The van der Waals surface area contributed by atoms with Gasteiger partial charge in [0.15, 0.2) is 0 Å². The van der Waals surface area contributed by atoms with E-state index in [9.17, 15) is 0 Å². The SMILES string of the molecule is CCC1(C(CCc2cnn(C)c2)NC)CCCC1. The van der Waals surface area contributed by atoms with Gasteiger partial charge in [0, 0.05) is 19.3 Å². The first kappa shape index (κ1) is 13.6. The van der Waals surface area contributed by atoms with Crippen LogP contribution in [0, 0.1) is 5.41 Å². The Balaban J connectivity index is 1.96. The Kier molecular flexibility index (Phi) is 4.44. The van der Waals surface area contributed by atoms with Gasteiger partial charge in [-0.15, -0.1) is 0 Å². The van der Waals surface area contributed by atoms with Crippen molar-refractivity contribution < 1.29 is 0 Å². The van der Waals surface area contributed by atoms with Crippen LogP contribution in [0.15, 0.2) is 12.4 Å². The van der Waals surface area contributed by atoms with Crippen molar-refractivity contribution in [1.82, 2.24) is 15.1 Å². The van der Waals surface area contributed by atoms with Crippen molar-refractivity contribution >= 4 is 0 Å². The first-order valence-electron chi connectivity index (χ1n) is 7.35. The lowest BCUT2D eigenvalue weighted by Crippen LogP contribution is -2.42. The van der Waals surface area contributed by atoms with Crippen molar-refractivity contribution in [2.24, 2.45) is 12.5 Å². The van der Waals surface area contributed by atoms with Gasteiger partial charge in [-0.05, 0) is 50.1 Å². The molecule has 1 atom stereocenters. The van der Waals surface area contributed by atoms with Gasteiger partial charge in [-0.1, -0.05) is 19.8 Å². The maximum Gasteiger partial charge on any atom is 0.0521 e. The molecule has 0 bridgehead atoms. The summed E-state index contributed by atoms with van der Waals surface area (Å²) in [6, 6.07) is 0.658. The molecular weight excluding hydrogens is 222 g/mol. The summed E-state index contributed by atoms with van der Waals surface area (Å²) in [5.74, 6) is 0. The van der Waals surface area contributed by atoms with Crippen LogP contribution in [0.25, 0.3) is 0 Å². The van der Waals surface area contributed by atoms with E-state index in [4.69, 9.17) is 0 Å². The van der Waals surface area contributed by atoms with Crippen LogP contribution in [0.4, 0.5) is 0 Å². The molecule has 0 spiro atoms. The van der Waals surface area contributed by atoms with E-state index in [1.54, 1.807) is 0 Å². The van der Waals surface area contributed by atoms with Crippen LogP contribution in [0.1, 0.15) is 51.0 Å². The Morgan fingerprint density at radius 1 is 1.44 bits per heavy atom. The zero-order chi connectivity index (χ0) is 13.0. The van der Waals surface area contributed by atoms with E-state index in [0.717, 1.165) is 6.42 Å². The fourth-order valence-corrected chi connectivity index (χ4v) is 3.70. The Labute approximate surface area is 111 Å². The maximum absolute atomic E-state index is 4.25. The van der Waals surface area contributed by atoms with Crippen LogP contribution in [0.2, 0.25) is 0 Å². The molecule has 1 aliphatic rings. The van der Waals surface area contributed by atoms with Gasteiger partial charge in [0.2, 0.25) is 0 Å². The molecular formula is C15H27N3. The molecule has 1 fully saturated rings. The lowest BCUT2D eigenvalue weighted by atomic mass is 9.74. The molecule has 1 saturated carbocycles. The minimum atomic E-state index is 0.553. The van der Waals surface area contributed by atoms with Crippen LogP contribution in [0.3, 0.4) is 0 Å². The van der Waals surface area contributed by atoms with Crippen molar-refractivity contribution in [3.8, 4) is 0 Å². The normalized spacial score (nSPS) is 20.2. The monoisotopic (exact) mass is 249 g/mol. The van der Waals surface area contributed by atoms with Crippen molar-refractivity contribution in [3.63, 3.8) is 0 Å². The molecule has 1 heterocycles. The van der Waals surface area contributed by atoms with E-state index in [1.165, 1.54) is 44.1 Å². The number of rotatable bonds is 6. The lowest BCUT2D eigenvalue weighted by molar-refractivity contribution is 0.184. The van der Waals surface area contributed by atoms with Gasteiger partial charge in [0.25, 0.3) is 0 Å². The topological polar surface area (TPSA) is 29.9 Å². The van der Waals surface area contributed by atoms with Gasteiger partial charge >= 0.3 is 0 Å². The van der Waals surface area contributed by atoms with Crippen LogP contribution >= 0.6 is 0 Å². The Morgan fingerprint density at radius 3 is 2.67 bits per heavy atom. The smallest absolute Gasteiger partial charge is 0.0521 e. The van der Waals surface area contributed by atoms with Crippen molar-refractivity contribution in [1.29, 1.82) is 0 Å². The second-order valence-electron chi connectivity index (χ2n) is 5.83. The van der Waals surface area contributed by atoms with Gasteiger partial charge < -0.3 is 5.32 Å². The van der Waals surface area contributed by atoms with E-state index >= 15 is 0 Å². The van der Waals surface area contributed by atoms with Gasteiger partial charge in [-0.3, -0.25) is 4.68 Å². The predicted molar refractivity (Wildman–Crippen MR) is 75.6 cm³/mol. The molecule has 0 aliphatic heterocycles. The molecule has 1 N–H and O–H groups in total. The average Bonchev–Trinajstić information content (AvgIpc) is 3.00. The summed E-state index contributed by atoms with van der Waals surface area (Å²) in [6.45, 7) is 2.36. The Morgan fingerprint density at radius 2 is 2.17 bits per heavy atom. The fraction of sp³-hybridized carbons (Fsp3) is 0.800. The molecule has 18 heavy (non-hydrogen) atoms. The number of hydrogen-bond acceptors (Lipinski definition) is 2. The van der Waals surface area contributed by atoms with Gasteiger partial charge in [0.05, 0.1) is 6.20 Å². The summed E-state index contributed by atoms with van der Waals surface area (Å²) >= 11 is 0. The molecule has 3 nitrogen and oxygen atoms in total.